The maximum Gasteiger partial charge on any atom is 2.00 e. The molecule has 3 aromatic heterocycles. The Morgan fingerprint density at radius 1 is 0.369 bits per heavy atom. The molecule has 0 atom stereocenters. The Morgan fingerprint density at radius 2 is 0.754 bits per heavy atom. The fourth-order valence-corrected chi connectivity index (χ4v) is 8.66. The predicted octanol–water partition coefficient (Wildman–Crippen LogP) is 11.9. The van der Waals surface area contributed by atoms with Crippen LogP contribution in [-0.4, -0.2) is 105 Å². The van der Waals surface area contributed by atoms with Crippen molar-refractivity contribution in [1.82, 2.24) is 37.9 Å². The second-order valence-electron chi connectivity index (χ2n) is 20.8. The van der Waals surface area contributed by atoms with Gasteiger partial charge in [0, 0.05) is 38.8 Å². The Hall–Kier alpha value is -6.17. The first-order chi connectivity index (χ1) is 30.2. The molecular formula is C56H62CoN8+6. The van der Waals surface area contributed by atoms with Gasteiger partial charge in [-0.15, -0.1) is 0 Å². The Bertz CT molecular complexity index is 3140. The summed E-state index contributed by atoms with van der Waals surface area (Å²) in [5, 5.41) is 0. The van der Waals surface area contributed by atoms with Crippen molar-refractivity contribution in [2.24, 2.45) is 0 Å². The first-order valence-corrected chi connectivity index (χ1v) is 22.1. The van der Waals surface area contributed by atoms with Crippen molar-refractivity contribution in [1.29, 1.82) is 0 Å². The zero-order valence-corrected chi connectivity index (χ0v) is 40.9. The monoisotopic (exact) mass is 905 g/mol. The largest absolute Gasteiger partial charge is 2.00 e. The third-order valence-corrected chi connectivity index (χ3v) is 12.4. The zero-order valence-electron chi connectivity index (χ0n) is 39.9. The molecule has 0 aliphatic carbocycles. The molecule has 9 heteroatoms. The summed E-state index contributed by atoms with van der Waals surface area (Å²) in [6.07, 6.45) is 6.45. The van der Waals surface area contributed by atoms with Crippen molar-refractivity contribution >= 4 is 68.6 Å². The third-order valence-electron chi connectivity index (χ3n) is 12.4. The van der Waals surface area contributed by atoms with E-state index in [-0.39, 0.29) is 16.8 Å². The maximum absolute atomic E-state index is 5.64. The van der Waals surface area contributed by atoms with Gasteiger partial charge in [-0.3, -0.25) is 17.9 Å². The number of aromatic amines is 2. The fourth-order valence-electron chi connectivity index (χ4n) is 8.66. The van der Waals surface area contributed by atoms with Gasteiger partial charge < -0.3 is 9.97 Å². The summed E-state index contributed by atoms with van der Waals surface area (Å²) in [5.74, 6) is 0. The molecule has 2 aliphatic rings. The smallest absolute Gasteiger partial charge is 0.355 e. The number of fused-ring (bicyclic) bond motifs is 8. The number of benzene rings is 4. The van der Waals surface area contributed by atoms with Gasteiger partial charge in [-0.2, -0.15) is 0 Å². The normalized spacial score (nSPS) is 13.1. The van der Waals surface area contributed by atoms with Crippen LogP contribution in [0.4, 0.5) is 22.7 Å². The van der Waals surface area contributed by atoms with Crippen molar-refractivity contribution in [2.75, 3.05) is 84.6 Å². The summed E-state index contributed by atoms with van der Waals surface area (Å²) in [7, 11) is 26.5. The number of H-pyrrole nitrogens is 2. The molecule has 0 saturated heterocycles. The number of hydrogen-bond acceptors (Lipinski definition) is 2. The second kappa shape index (κ2) is 16.7. The van der Waals surface area contributed by atoms with E-state index in [0.29, 0.717) is 8.97 Å². The number of aromatic nitrogens is 4. The molecule has 329 valence electrons. The van der Waals surface area contributed by atoms with Crippen molar-refractivity contribution in [3.63, 3.8) is 0 Å². The van der Waals surface area contributed by atoms with Gasteiger partial charge in [-0.25, -0.2) is 9.97 Å². The molecule has 4 aromatic carbocycles. The Labute approximate surface area is 395 Å². The standard InChI is InChI=1S/C56H62N8.Co/c1-61(2,3)46-25-13-37(14-26-46)50-35-45-34-43-22-21-41(57-43)33-42-23-24-44(58-42)36-51-52(38-15-27-47(28-16-38)62(4,5)6)53(39-17-29-48(30-18-39)63(7,8)9)56(60-51)54(55(50)59-45)40-19-31-49(32-20-40)64(10,11)12;/h13-36,57,60H,1-12H3;/q+4;+2. The average Bonchev–Trinajstić information content (AvgIpc) is 4.05. The molecule has 1 radical (unpaired) electrons. The molecule has 5 heterocycles. The van der Waals surface area contributed by atoms with E-state index in [9.17, 15) is 0 Å². The summed E-state index contributed by atoms with van der Waals surface area (Å²) >= 11 is 0. The number of quaternary nitrogens is 4. The number of nitrogens with zero attached hydrogens (tertiary/aromatic N) is 6. The maximum atomic E-state index is 5.64. The first-order valence-electron chi connectivity index (χ1n) is 22.1. The Kier molecular flexibility index (Phi) is 11.6. The van der Waals surface area contributed by atoms with Crippen LogP contribution in [0.25, 0.3) is 79.2 Å². The summed E-state index contributed by atoms with van der Waals surface area (Å²) in [6, 6.07) is 46.9. The van der Waals surface area contributed by atoms with Crippen LogP contribution >= 0.6 is 0 Å². The molecule has 0 spiro atoms. The Balaban J connectivity index is 0.00000576. The average molecular weight is 906 g/mol. The molecule has 0 fully saturated rings. The summed E-state index contributed by atoms with van der Waals surface area (Å²) in [6.45, 7) is 0. The van der Waals surface area contributed by atoms with Crippen molar-refractivity contribution in [3.05, 3.63) is 156 Å². The van der Waals surface area contributed by atoms with Crippen LogP contribution in [-0.2, 0) is 16.8 Å². The van der Waals surface area contributed by atoms with Crippen LogP contribution in [0.5, 0.6) is 0 Å². The zero-order chi connectivity index (χ0) is 45.3. The molecule has 0 saturated carbocycles. The molecule has 7 aromatic rings. The van der Waals surface area contributed by atoms with Crippen LogP contribution in [0.15, 0.2) is 127 Å². The quantitative estimate of drug-likeness (QED) is 0.149. The molecule has 2 aliphatic heterocycles. The number of hydrogen-bond donors (Lipinski definition) is 2. The molecule has 8 nitrogen and oxygen atoms in total. The molecular weight excluding hydrogens is 844 g/mol. The van der Waals surface area contributed by atoms with E-state index in [1.807, 2.05) is 0 Å². The van der Waals surface area contributed by atoms with Gasteiger partial charge in [0.2, 0.25) is 0 Å². The van der Waals surface area contributed by atoms with Crippen LogP contribution in [0.3, 0.4) is 0 Å². The molecule has 65 heavy (non-hydrogen) atoms. The minimum absolute atomic E-state index is 0. The van der Waals surface area contributed by atoms with E-state index in [1.54, 1.807) is 0 Å². The van der Waals surface area contributed by atoms with E-state index >= 15 is 0 Å². The molecule has 2 N–H and O–H groups in total. The Morgan fingerprint density at radius 3 is 1.20 bits per heavy atom. The molecule has 0 unspecified atom stereocenters. The van der Waals surface area contributed by atoms with E-state index < -0.39 is 0 Å². The van der Waals surface area contributed by atoms with Gasteiger partial charge >= 0.3 is 16.8 Å². The van der Waals surface area contributed by atoms with Crippen LogP contribution in [0, 0.1) is 0 Å². The summed E-state index contributed by atoms with van der Waals surface area (Å²) in [5.41, 5.74) is 21.1. The first kappa shape index (κ1) is 45.4. The number of rotatable bonds is 8. The molecule has 9 rings (SSSR count). The van der Waals surface area contributed by atoms with Crippen molar-refractivity contribution < 1.29 is 16.8 Å². The second-order valence-corrected chi connectivity index (χ2v) is 20.8. The molecule has 8 bridgehead atoms. The van der Waals surface area contributed by atoms with Gasteiger partial charge in [0.25, 0.3) is 0 Å². The number of nitrogens with one attached hydrogen (secondary N) is 2. The van der Waals surface area contributed by atoms with Gasteiger partial charge in [0.05, 0.1) is 113 Å². The van der Waals surface area contributed by atoms with E-state index in [2.05, 4.69) is 240 Å². The van der Waals surface area contributed by atoms with Crippen molar-refractivity contribution in [2.45, 2.75) is 0 Å². The van der Waals surface area contributed by atoms with Crippen LogP contribution in [0.2, 0.25) is 0 Å². The topological polar surface area (TPSA) is 57.4 Å². The van der Waals surface area contributed by atoms with Gasteiger partial charge in [0.1, 0.15) is 22.7 Å². The summed E-state index contributed by atoms with van der Waals surface area (Å²) < 4.78 is 2.86. The third kappa shape index (κ3) is 9.22. The van der Waals surface area contributed by atoms with E-state index in [4.69, 9.17) is 9.97 Å². The summed E-state index contributed by atoms with van der Waals surface area (Å²) in [4.78, 5) is 18.5. The fraction of sp³-hybridized carbons (Fsp3) is 0.214. The van der Waals surface area contributed by atoms with Gasteiger partial charge in [-0.1, -0.05) is 0 Å². The van der Waals surface area contributed by atoms with E-state index in [1.165, 1.54) is 22.7 Å². The van der Waals surface area contributed by atoms with E-state index in [0.717, 1.165) is 98.3 Å². The SMILES string of the molecule is C[N+](C)(C)c1ccc(C2=Cc3cc4ccc(cc5nc(cc6[nH]c(c(-c7ccc([N+](C)(C)C)cc7)c2n3)c(-c2ccc([N+](C)(C)C)cc2)c6-c2ccc([N+](C)(C)C)cc2)C=C5)[nH]4)cc1.[Co+2]. The van der Waals surface area contributed by atoms with Crippen LogP contribution in [0.1, 0.15) is 28.3 Å². The minimum atomic E-state index is 0. The van der Waals surface area contributed by atoms with Crippen molar-refractivity contribution in [3.8, 4) is 33.4 Å². The minimum Gasteiger partial charge on any atom is -0.355 e. The predicted molar refractivity (Wildman–Crippen MR) is 278 cm³/mol. The van der Waals surface area contributed by atoms with Gasteiger partial charge in [0.15, 0.2) is 0 Å². The van der Waals surface area contributed by atoms with Gasteiger partial charge in [-0.05, 0) is 168 Å². The molecule has 0 amide bonds. The van der Waals surface area contributed by atoms with Crippen LogP contribution < -0.4 is 17.9 Å².